The van der Waals surface area contributed by atoms with Gasteiger partial charge in [-0.1, -0.05) is 68.2 Å². The normalized spacial score (nSPS) is 20.4. The highest BCUT2D eigenvalue weighted by atomic mass is 35.5. The molecular formula is C28H39BCl2N4O2. The third kappa shape index (κ3) is 7.08. The lowest BCUT2D eigenvalue weighted by Gasteiger charge is -2.50. The van der Waals surface area contributed by atoms with Gasteiger partial charge in [-0.25, -0.2) is 0 Å². The Balaban J connectivity index is 1.53. The highest BCUT2D eigenvalue weighted by Crippen LogP contribution is 2.36. The molecule has 1 amide bonds. The number of carbonyl (C=O) groups is 1. The number of carbonyl (C=O) groups excluding carboxylic acids is 1. The molecule has 2 saturated heterocycles. The van der Waals surface area contributed by atoms with Crippen molar-refractivity contribution in [1.29, 1.82) is 0 Å². The Labute approximate surface area is 232 Å². The first-order valence-corrected chi connectivity index (χ1v) is 14.0. The maximum absolute atomic E-state index is 13.6. The summed E-state index contributed by atoms with van der Waals surface area (Å²) in [7, 11) is -0.439. The Hall–Kier alpha value is -1.61. The predicted octanol–water partition coefficient (Wildman–Crippen LogP) is 4.37. The number of hydrogen-bond acceptors (Lipinski definition) is 5. The molecule has 4 rings (SSSR count). The smallest absolute Gasteiger partial charge is 0.376 e. The Morgan fingerprint density at radius 3 is 1.89 bits per heavy atom. The molecule has 9 heteroatoms. The summed E-state index contributed by atoms with van der Waals surface area (Å²) < 4.78 is 0. The summed E-state index contributed by atoms with van der Waals surface area (Å²) in [6, 6.07) is 16.3. The van der Waals surface area contributed by atoms with Crippen LogP contribution in [-0.4, -0.2) is 95.9 Å². The van der Waals surface area contributed by atoms with Crippen molar-refractivity contribution < 1.29 is 9.82 Å². The molecule has 2 aromatic carbocycles. The average molecular weight is 545 g/mol. The van der Waals surface area contributed by atoms with E-state index in [1.54, 1.807) is 6.82 Å². The zero-order valence-corrected chi connectivity index (χ0v) is 23.9. The van der Waals surface area contributed by atoms with Crippen LogP contribution in [0.25, 0.3) is 0 Å². The fraction of sp³-hybridized carbons (Fsp3) is 0.536. The number of piperazine rings is 2. The lowest BCUT2D eigenvalue weighted by Crippen LogP contribution is -2.62. The van der Waals surface area contributed by atoms with E-state index in [9.17, 15) is 9.82 Å². The molecule has 200 valence electrons. The standard InChI is InChI=1S/C28H39BCl2N4O2/c1-28(2,3)25-19-33(15-18-35(25)26(36)20-32-13-16-34(17-14-32)29(4)37)27(21-5-9-23(30)10-6-21)22-7-11-24(31)12-8-22/h5-12,25,27,37H,13-20H2,1-4H3/t25-/m1/s1. The summed E-state index contributed by atoms with van der Waals surface area (Å²) in [4.78, 5) is 22.5. The van der Waals surface area contributed by atoms with E-state index < -0.39 is 7.05 Å². The van der Waals surface area contributed by atoms with E-state index >= 15 is 0 Å². The van der Waals surface area contributed by atoms with E-state index in [1.807, 2.05) is 29.1 Å². The number of hydrogen-bond donors (Lipinski definition) is 1. The Morgan fingerprint density at radius 1 is 0.919 bits per heavy atom. The molecule has 2 aromatic rings. The van der Waals surface area contributed by atoms with Crippen LogP contribution in [0.5, 0.6) is 0 Å². The van der Waals surface area contributed by atoms with Crippen molar-refractivity contribution in [3.05, 3.63) is 69.7 Å². The summed E-state index contributed by atoms with van der Waals surface area (Å²) in [5, 5.41) is 11.3. The molecule has 6 nitrogen and oxygen atoms in total. The van der Waals surface area contributed by atoms with Crippen molar-refractivity contribution >= 4 is 36.2 Å². The molecule has 0 radical (unpaired) electrons. The molecule has 0 spiro atoms. The van der Waals surface area contributed by atoms with Crippen LogP contribution in [-0.2, 0) is 4.79 Å². The summed E-state index contributed by atoms with van der Waals surface area (Å²) in [5.41, 5.74) is 2.27. The van der Waals surface area contributed by atoms with E-state index in [-0.39, 0.29) is 23.4 Å². The van der Waals surface area contributed by atoms with Crippen molar-refractivity contribution in [2.75, 3.05) is 52.4 Å². The van der Waals surface area contributed by atoms with E-state index in [2.05, 4.69) is 59.7 Å². The number of nitrogens with zero attached hydrogens (tertiary/aromatic N) is 4. The third-order valence-corrected chi connectivity index (χ3v) is 8.27. The van der Waals surface area contributed by atoms with Crippen LogP contribution in [0.2, 0.25) is 16.9 Å². The van der Waals surface area contributed by atoms with Crippen LogP contribution in [0.3, 0.4) is 0 Å². The minimum absolute atomic E-state index is 0.0465. The second kappa shape index (κ2) is 12.1. The summed E-state index contributed by atoms with van der Waals surface area (Å²) in [6.45, 7) is 14.3. The first-order valence-electron chi connectivity index (χ1n) is 13.2. The lowest BCUT2D eigenvalue weighted by molar-refractivity contribution is -0.141. The van der Waals surface area contributed by atoms with Gasteiger partial charge in [-0.2, -0.15) is 0 Å². The van der Waals surface area contributed by atoms with Crippen LogP contribution >= 0.6 is 23.2 Å². The fourth-order valence-electron chi connectivity index (χ4n) is 5.56. The first-order chi connectivity index (χ1) is 17.5. The van der Waals surface area contributed by atoms with Crippen LogP contribution in [0.4, 0.5) is 0 Å². The molecule has 0 bridgehead atoms. The van der Waals surface area contributed by atoms with Gasteiger partial charge < -0.3 is 14.7 Å². The summed E-state index contributed by atoms with van der Waals surface area (Å²) in [5.74, 6) is 0.194. The average Bonchev–Trinajstić information content (AvgIpc) is 2.86. The van der Waals surface area contributed by atoms with Crippen molar-refractivity contribution in [3.63, 3.8) is 0 Å². The van der Waals surface area contributed by atoms with Crippen molar-refractivity contribution in [3.8, 4) is 0 Å². The van der Waals surface area contributed by atoms with Gasteiger partial charge in [0.2, 0.25) is 5.91 Å². The molecule has 0 unspecified atom stereocenters. The van der Waals surface area contributed by atoms with E-state index in [0.29, 0.717) is 13.1 Å². The van der Waals surface area contributed by atoms with Gasteiger partial charge in [0.15, 0.2) is 0 Å². The van der Waals surface area contributed by atoms with Crippen LogP contribution in [0.1, 0.15) is 37.9 Å². The molecule has 2 fully saturated rings. The molecule has 2 aliphatic heterocycles. The monoisotopic (exact) mass is 544 g/mol. The maximum Gasteiger partial charge on any atom is 0.376 e. The van der Waals surface area contributed by atoms with Crippen molar-refractivity contribution in [1.82, 2.24) is 19.5 Å². The van der Waals surface area contributed by atoms with Gasteiger partial charge in [0.05, 0.1) is 12.6 Å². The number of amides is 1. The number of halogens is 2. The van der Waals surface area contributed by atoms with Gasteiger partial charge >= 0.3 is 7.05 Å². The van der Waals surface area contributed by atoms with Crippen LogP contribution < -0.4 is 0 Å². The molecule has 1 N–H and O–H groups in total. The third-order valence-electron chi connectivity index (χ3n) is 7.76. The van der Waals surface area contributed by atoms with Crippen molar-refractivity contribution in [2.45, 2.75) is 39.7 Å². The van der Waals surface area contributed by atoms with E-state index in [4.69, 9.17) is 23.2 Å². The quantitative estimate of drug-likeness (QED) is 0.547. The molecular weight excluding hydrogens is 506 g/mol. The summed E-state index contributed by atoms with van der Waals surface area (Å²) in [6.07, 6.45) is 0. The molecule has 0 aromatic heterocycles. The summed E-state index contributed by atoms with van der Waals surface area (Å²) >= 11 is 12.4. The Kier molecular flexibility index (Phi) is 9.26. The topological polar surface area (TPSA) is 50.3 Å². The number of rotatable bonds is 6. The van der Waals surface area contributed by atoms with Crippen LogP contribution in [0.15, 0.2) is 48.5 Å². The van der Waals surface area contributed by atoms with E-state index in [1.165, 1.54) is 11.1 Å². The molecule has 0 saturated carbocycles. The SMILES string of the molecule is CB(O)N1CCN(CC(=O)N2CCN(C(c3ccc(Cl)cc3)c3ccc(Cl)cc3)C[C@@H]2C(C)(C)C)CC1. The zero-order valence-electron chi connectivity index (χ0n) is 22.4. The van der Waals surface area contributed by atoms with Gasteiger partial charge in [0.25, 0.3) is 0 Å². The largest absolute Gasteiger partial charge is 0.437 e. The van der Waals surface area contributed by atoms with Crippen LogP contribution in [0, 0.1) is 5.41 Å². The predicted molar refractivity (Wildman–Crippen MR) is 153 cm³/mol. The zero-order chi connectivity index (χ0) is 26.7. The van der Waals surface area contributed by atoms with Gasteiger partial charge in [0.1, 0.15) is 0 Å². The van der Waals surface area contributed by atoms with Gasteiger partial charge in [-0.05, 0) is 47.6 Å². The first kappa shape index (κ1) is 28.4. The fourth-order valence-corrected chi connectivity index (χ4v) is 5.81. The second-order valence-corrected chi connectivity index (χ2v) is 12.3. The minimum atomic E-state index is -0.439. The molecule has 37 heavy (non-hydrogen) atoms. The molecule has 1 atom stereocenters. The van der Waals surface area contributed by atoms with Gasteiger partial charge in [-0.3, -0.25) is 14.6 Å². The molecule has 2 heterocycles. The van der Waals surface area contributed by atoms with Crippen molar-refractivity contribution in [2.24, 2.45) is 5.41 Å². The minimum Gasteiger partial charge on any atom is -0.437 e. The highest BCUT2D eigenvalue weighted by molar-refractivity contribution is 6.45. The number of benzene rings is 2. The maximum atomic E-state index is 13.6. The van der Waals surface area contributed by atoms with Gasteiger partial charge in [0, 0.05) is 61.9 Å². The lowest BCUT2D eigenvalue weighted by atomic mass is 9.83. The van der Waals surface area contributed by atoms with Gasteiger partial charge in [-0.15, -0.1) is 0 Å². The second-order valence-electron chi connectivity index (χ2n) is 11.4. The molecule has 2 aliphatic rings. The Bertz CT molecular complexity index is 992. The van der Waals surface area contributed by atoms with E-state index in [0.717, 1.165) is 49.3 Å². The Morgan fingerprint density at radius 2 is 1.43 bits per heavy atom. The molecule has 0 aliphatic carbocycles. The highest BCUT2D eigenvalue weighted by Gasteiger charge is 2.40.